The molecule has 2 atom stereocenters. The van der Waals surface area contributed by atoms with E-state index in [0.29, 0.717) is 13.2 Å². The topological polar surface area (TPSA) is 55.5 Å². The maximum absolute atomic E-state index is 10.0. The van der Waals surface area contributed by atoms with Crippen LogP contribution in [0.15, 0.2) is 24.3 Å². The summed E-state index contributed by atoms with van der Waals surface area (Å²) in [6, 6.07) is 8.04. The first-order chi connectivity index (χ1) is 8.31. The van der Waals surface area contributed by atoms with E-state index in [4.69, 9.17) is 10.5 Å². The Bertz CT molecular complexity index is 354. The Hall–Kier alpha value is -1.06. The van der Waals surface area contributed by atoms with E-state index in [9.17, 15) is 5.11 Å². The van der Waals surface area contributed by atoms with Crippen LogP contribution >= 0.6 is 0 Å². The molecule has 2 unspecified atom stereocenters. The average molecular weight is 235 g/mol. The fourth-order valence-electron chi connectivity index (χ4n) is 2.51. The summed E-state index contributed by atoms with van der Waals surface area (Å²) >= 11 is 0. The standard InChI is InChI=1S/C14H21NO2/c15-8-9-17-12-5-3-4-11(10-12)13-6-1-2-7-14(13)16/h3-5,10,13-14,16H,1-2,6-9,15H2. The molecule has 3 heteroatoms. The van der Waals surface area contributed by atoms with Crippen molar-refractivity contribution in [2.45, 2.75) is 37.7 Å². The van der Waals surface area contributed by atoms with Gasteiger partial charge < -0.3 is 15.6 Å². The Balaban J connectivity index is 2.08. The quantitative estimate of drug-likeness (QED) is 0.839. The van der Waals surface area contributed by atoms with Gasteiger partial charge in [-0.25, -0.2) is 0 Å². The highest BCUT2D eigenvalue weighted by molar-refractivity contribution is 5.31. The summed E-state index contributed by atoms with van der Waals surface area (Å²) in [5.41, 5.74) is 6.60. The van der Waals surface area contributed by atoms with Gasteiger partial charge in [0.2, 0.25) is 0 Å². The van der Waals surface area contributed by atoms with Gasteiger partial charge in [-0.1, -0.05) is 25.0 Å². The monoisotopic (exact) mass is 235 g/mol. The second-order valence-electron chi connectivity index (χ2n) is 4.67. The van der Waals surface area contributed by atoms with E-state index < -0.39 is 0 Å². The van der Waals surface area contributed by atoms with Crippen LogP contribution in [0, 0.1) is 0 Å². The molecule has 3 nitrogen and oxygen atoms in total. The van der Waals surface area contributed by atoms with Crippen LogP contribution in [0.25, 0.3) is 0 Å². The number of hydrogen-bond acceptors (Lipinski definition) is 3. The second-order valence-corrected chi connectivity index (χ2v) is 4.67. The molecular formula is C14H21NO2. The fraction of sp³-hybridized carbons (Fsp3) is 0.571. The highest BCUT2D eigenvalue weighted by Crippen LogP contribution is 2.34. The molecule has 0 heterocycles. The molecule has 94 valence electrons. The van der Waals surface area contributed by atoms with Crippen LogP contribution in [-0.4, -0.2) is 24.4 Å². The third kappa shape index (κ3) is 3.20. The van der Waals surface area contributed by atoms with Gasteiger partial charge in [0.05, 0.1) is 6.10 Å². The number of nitrogens with two attached hydrogens (primary N) is 1. The summed E-state index contributed by atoms with van der Waals surface area (Å²) in [5.74, 6) is 1.12. The minimum atomic E-state index is -0.200. The second kappa shape index (κ2) is 6.03. The molecule has 1 aromatic rings. The molecule has 1 fully saturated rings. The zero-order valence-electron chi connectivity index (χ0n) is 10.1. The van der Waals surface area contributed by atoms with Crippen LogP contribution in [0.5, 0.6) is 5.75 Å². The maximum atomic E-state index is 10.0. The molecule has 2 rings (SSSR count). The van der Waals surface area contributed by atoms with E-state index in [2.05, 4.69) is 6.07 Å². The lowest BCUT2D eigenvalue weighted by Crippen LogP contribution is -2.22. The summed E-state index contributed by atoms with van der Waals surface area (Å²) in [5, 5.41) is 10.0. The number of benzene rings is 1. The first-order valence-corrected chi connectivity index (χ1v) is 6.42. The van der Waals surface area contributed by atoms with Crippen LogP contribution in [0.1, 0.15) is 37.2 Å². The van der Waals surface area contributed by atoms with Gasteiger partial charge in [0.1, 0.15) is 12.4 Å². The van der Waals surface area contributed by atoms with Crippen molar-refractivity contribution in [2.24, 2.45) is 5.73 Å². The molecule has 0 radical (unpaired) electrons. The molecule has 1 aliphatic rings. The first-order valence-electron chi connectivity index (χ1n) is 6.42. The van der Waals surface area contributed by atoms with Crippen molar-refractivity contribution in [3.63, 3.8) is 0 Å². The Kier molecular flexibility index (Phi) is 4.40. The zero-order chi connectivity index (χ0) is 12.1. The van der Waals surface area contributed by atoms with E-state index >= 15 is 0 Å². The summed E-state index contributed by atoms with van der Waals surface area (Å²) in [4.78, 5) is 0. The van der Waals surface area contributed by atoms with E-state index in [1.165, 1.54) is 12.0 Å². The van der Waals surface area contributed by atoms with Crippen molar-refractivity contribution >= 4 is 0 Å². The normalized spacial score (nSPS) is 24.6. The minimum absolute atomic E-state index is 0.200. The largest absolute Gasteiger partial charge is 0.492 e. The Morgan fingerprint density at radius 1 is 1.29 bits per heavy atom. The number of rotatable bonds is 4. The van der Waals surface area contributed by atoms with E-state index in [1.54, 1.807) is 0 Å². The lowest BCUT2D eigenvalue weighted by molar-refractivity contribution is 0.106. The van der Waals surface area contributed by atoms with E-state index in [1.807, 2.05) is 18.2 Å². The lowest BCUT2D eigenvalue weighted by Gasteiger charge is -2.28. The summed E-state index contributed by atoms with van der Waals surface area (Å²) in [6.07, 6.45) is 4.13. The number of hydrogen-bond donors (Lipinski definition) is 2. The molecule has 3 N–H and O–H groups in total. The average Bonchev–Trinajstić information content (AvgIpc) is 2.37. The minimum Gasteiger partial charge on any atom is -0.492 e. The predicted molar refractivity (Wildman–Crippen MR) is 68.2 cm³/mol. The molecule has 0 aliphatic heterocycles. The Morgan fingerprint density at radius 3 is 2.88 bits per heavy atom. The van der Waals surface area contributed by atoms with Gasteiger partial charge in [0.25, 0.3) is 0 Å². The van der Waals surface area contributed by atoms with Gasteiger partial charge >= 0.3 is 0 Å². The van der Waals surface area contributed by atoms with Crippen molar-refractivity contribution < 1.29 is 9.84 Å². The zero-order valence-corrected chi connectivity index (χ0v) is 10.1. The molecule has 1 saturated carbocycles. The van der Waals surface area contributed by atoms with E-state index in [-0.39, 0.29) is 12.0 Å². The van der Waals surface area contributed by atoms with Gasteiger partial charge in [-0.05, 0) is 30.5 Å². The molecule has 0 aromatic heterocycles. The van der Waals surface area contributed by atoms with Crippen LogP contribution in [0.2, 0.25) is 0 Å². The number of ether oxygens (including phenoxy) is 1. The highest BCUT2D eigenvalue weighted by atomic mass is 16.5. The van der Waals surface area contributed by atoms with Crippen molar-refractivity contribution in [2.75, 3.05) is 13.2 Å². The van der Waals surface area contributed by atoms with Crippen LogP contribution < -0.4 is 10.5 Å². The predicted octanol–water partition coefficient (Wildman–Crippen LogP) is 2.04. The third-order valence-corrected chi connectivity index (χ3v) is 3.40. The maximum Gasteiger partial charge on any atom is 0.119 e. The van der Waals surface area contributed by atoms with Gasteiger partial charge in [-0.2, -0.15) is 0 Å². The fourth-order valence-corrected chi connectivity index (χ4v) is 2.51. The lowest BCUT2D eigenvalue weighted by atomic mass is 9.82. The number of aliphatic hydroxyl groups excluding tert-OH is 1. The van der Waals surface area contributed by atoms with Gasteiger partial charge in [-0.3, -0.25) is 0 Å². The van der Waals surface area contributed by atoms with Crippen molar-refractivity contribution in [3.05, 3.63) is 29.8 Å². The molecule has 0 spiro atoms. The van der Waals surface area contributed by atoms with Gasteiger partial charge in [-0.15, -0.1) is 0 Å². The summed E-state index contributed by atoms with van der Waals surface area (Å²) < 4.78 is 5.52. The van der Waals surface area contributed by atoms with Crippen molar-refractivity contribution in [3.8, 4) is 5.75 Å². The van der Waals surface area contributed by atoms with Crippen LogP contribution in [0.4, 0.5) is 0 Å². The molecule has 0 saturated heterocycles. The molecular weight excluding hydrogens is 214 g/mol. The molecule has 17 heavy (non-hydrogen) atoms. The van der Waals surface area contributed by atoms with Crippen LogP contribution in [0.3, 0.4) is 0 Å². The van der Waals surface area contributed by atoms with Gasteiger partial charge in [0, 0.05) is 12.5 Å². The highest BCUT2D eigenvalue weighted by Gasteiger charge is 2.24. The van der Waals surface area contributed by atoms with Crippen molar-refractivity contribution in [1.82, 2.24) is 0 Å². The molecule has 0 amide bonds. The number of aliphatic hydroxyl groups is 1. The SMILES string of the molecule is NCCOc1cccc(C2CCCCC2O)c1. The molecule has 1 aliphatic carbocycles. The van der Waals surface area contributed by atoms with E-state index in [0.717, 1.165) is 25.0 Å². The Labute approximate surface area is 103 Å². The first kappa shape index (κ1) is 12.4. The third-order valence-electron chi connectivity index (χ3n) is 3.40. The smallest absolute Gasteiger partial charge is 0.119 e. The summed E-state index contributed by atoms with van der Waals surface area (Å²) in [7, 11) is 0. The van der Waals surface area contributed by atoms with Crippen LogP contribution in [-0.2, 0) is 0 Å². The van der Waals surface area contributed by atoms with Crippen molar-refractivity contribution in [1.29, 1.82) is 0 Å². The molecule has 0 bridgehead atoms. The van der Waals surface area contributed by atoms with Gasteiger partial charge in [0.15, 0.2) is 0 Å². The summed E-state index contributed by atoms with van der Waals surface area (Å²) in [6.45, 7) is 1.06. The Morgan fingerprint density at radius 2 is 2.12 bits per heavy atom. The molecule has 1 aromatic carbocycles.